The van der Waals surface area contributed by atoms with Gasteiger partial charge >= 0.3 is 12.2 Å². The molecule has 198 valence electrons. The molecule has 1 amide bonds. The number of benzene rings is 2. The minimum absolute atomic E-state index is 0.118. The third-order valence-corrected chi connectivity index (χ3v) is 7.45. The molecule has 1 saturated carbocycles. The van der Waals surface area contributed by atoms with Crippen molar-refractivity contribution >= 4 is 39.1 Å². The van der Waals surface area contributed by atoms with Crippen molar-refractivity contribution in [2.45, 2.75) is 44.8 Å². The highest BCUT2D eigenvalue weighted by atomic mass is 79.9. The minimum atomic E-state index is -1.34. The number of hydrogen-bond donors (Lipinski definition) is 2. The number of carbonyl (C=O) groups excluding carboxylic acids is 1. The van der Waals surface area contributed by atoms with Crippen LogP contribution in [0.2, 0.25) is 0 Å². The van der Waals surface area contributed by atoms with Crippen LogP contribution in [0.3, 0.4) is 0 Å². The molecule has 1 aliphatic rings. The second kappa shape index (κ2) is 10.8. The van der Waals surface area contributed by atoms with Crippen LogP contribution in [0, 0.1) is 0 Å². The first-order chi connectivity index (χ1) is 18.4. The molecule has 11 nitrogen and oxygen atoms in total. The van der Waals surface area contributed by atoms with Crippen molar-refractivity contribution in [2.24, 2.45) is 0 Å². The quantitative estimate of drug-likeness (QED) is 0.238. The smallest absolute Gasteiger partial charge is 0.455 e. The molecule has 0 aliphatic heterocycles. The highest BCUT2D eigenvalue weighted by molar-refractivity contribution is 9.10. The molecular weight excluding hydrogens is 558 g/mol. The van der Waals surface area contributed by atoms with Crippen LogP contribution in [-0.4, -0.2) is 61.6 Å². The van der Waals surface area contributed by atoms with Gasteiger partial charge in [0.25, 0.3) is 0 Å². The molecule has 0 bridgehead atoms. The number of carboxylic acid groups (broad SMARTS) is 1. The van der Waals surface area contributed by atoms with E-state index in [4.69, 9.17) is 13.9 Å². The van der Waals surface area contributed by atoms with Crippen molar-refractivity contribution in [3.8, 4) is 22.7 Å². The van der Waals surface area contributed by atoms with Crippen molar-refractivity contribution in [1.29, 1.82) is 0 Å². The monoisotopic (exact) mass is 583 g/mol. The molecule has 38 heavy (non-hydrogen) atoms. The summed E-state index contributed by atoms with van der Waals surface area (Å²) in [4.78, 5) is 25.8. The second-order valence-electron chi connectivity index (χ2n) is 9.18. The predicted octanol–water partition coefficient (Wildman–Crippen LogP) is 6.01. The van der Waals surface area contributed by atoms with Gasteiger partial charge in [0.15, 0.2) is 5.82 Å². The van der Waals surface area contributed by atoms with E-state index in [1.807, 2.05) is 42.5 Å². The molecule has 12 heteroatoms. The fourth-order valence-corrected chi connectivity index (χ4v) is 5.62. The number of hydrogen-bond acceptors (Lipinski definition) is 8. The zero-order valence-corrected chi connectivity index (χ0v) is 22.2. The first kappa shape index (κ1) is 25.7. The molecule has 2 aromatic carbocycles. The van der Waals surface area contributed by atoms with Crippen LogP contribution in [0.25, 0.3) is 33.7 Å². The molecule has 0 spiro atoms. The summed E-state index contributed by atoms with van der Waals surface area (Å²) in [6.07, 6.45) is 0.942. The van der Waals surface area contributed by atoms with Gasteiger partial charge in [-0.15, -0.1) is 5.10 Å². The standard InChI is InChI=1S/C26H26BrN5O6/c1-2-36-24(33)32(15-26(38-25(34)35)11-5-6-12-26)14-16-9-10-20-19(13-16)21(27)22(37-20)17-7-3-4-8-18(17)23-28-30-31-29-23/h3-4,7-10,13H,2,5-6,11-12,14-15H2,1H3,(H,34,35)(H,28,29,30,31). The van der Waals surface area contributed by atoms with Gasteiger partial charge in [0.05, 0.1) is 17.6 Å². The highest BCUT2D eigenvalue weighted by Crippen LogP contribution is 2.41. The van der Waals surface area contributed by atoms with E-state index in [2.05, 4.69) is 36.6 Å². The Morgan fingerprint density at radius 2 is 1.95 bits per heavy atom. The van der Waals surface area contributed by atoms with Crippen LogP contribution in [-0.2, 0) is 16.0 Å². The molecule has 0 atom stereocenters. The molecule has 2 N–H and O–H groups in total. The van der Waals surface area contributed by atoms with Crippen molar-refractivity contribution in [3.05, 3.63) is 52.5 Å². The van der Waals surface area contributed by atoms with Crippen LogP contribution in [0.1, 0.15) is 38.2 Å². The van der Waals surface area contributed by atoms with E-state index in [1.165, 1.54) is 4.90 Å². The number of nitrogens with zero attached hydrogens (tertiary/aromatic N) is 4. The number of fused-ring (bicyclic) bond motifs is 1. The summed E-state index contributed by atoms with van der Waals surface area (Å²) in [5.41, 5.74) is 2.13. The molecule has 2 aromatic heterocycles. The summed E-state index contributed by atoms with van der Waals surface area (Å²) in [6.45, 7) is 2.27. The molecule has 0 saturated heterocycles. The maximum Gasteiger partial charge on any atom is 0.506 e. The summed E-state index contributed by atoms with van der Waals surface area (Å²) in [5.74, 6) is 1.13. The summed E-state index contributed by atoms with van der Waals surface area (Å²) in [6, 6.07) is 13.3. The average molecular weight is 584 g/mol. The molecule has 5 rings (SSSR count). The number of furan rings is 1. The Kier molecular flexibility index (Phi) is 7.32. The molecule has 4 aromatic rings. The first-order valence-electron chi connectivity index (χ1n) is 12.3. The number of tetrazole rings is 1. The lowest BCUT2D eigenvalue weighted by molar-refractivity contribution is -0.0357. The maximum absolute atomic E-state index is 12.9. The molecule has 0 radical (unpaired) electrons. The Labute approximate surface area is 226 Å². The molecule has 0 unspecified atom stereocenters. The van der Waals surface area contributed by atoms with Gasteiger partial charge in [0.2, 0.25) is 0 Å². The fourth-order valence-electron chi connectivity index (χ4n) is 5.01. The highest BCUT2D eigenvalue weighted by Gasteiger charge is 2.41. The number of ether oxygens (including phenoxy) is 2. The number of nitrogens with one attached hydrogen (secondary N) is 1. The van der Waals surface area contributed by atoms with Crippen LogP contribution in [0.15, 0.2) is 51.4 Å². The molecule has 1 fully saturated rings. The Bertz CT molecular complexity index is 1450. The van der Waals surface area contributed by atoms with E-state index in [0.29, 0.717) is 30.0 Å². The van der Waals surface area contributed by atoms with E-state index >= 15 is 0 Å². The average Bonchev–Trinajstić information content (AvgIpc) is 3.65. The Balaban J connectivity index is 1.47. The van der Waals surface area contributed by atoms with Gasteiger partial charge < -0.3 is 19.0 Å². The number of H-pyrrole nitrogens is 1. The first-order valence-corrected chi connectivity index (χ1v) is 13.1. The summed E-state index contributed by atoms with van der Waals surface area (Å²) < 4.78 is 17.6. The van der Waals surface area contributed by atoms with Gasteiger partial charge in [-0.3, -0.25) is 4.90 Å². The predicted molar refractivity (Wildman–Crippen MR) is 140 cm³/mol. The lowest BCUT2D eigenvalue weighted by atomic mass is 10.0. The normalized spacial score (nSPS) is 14.5. The summed E-state index contributed by atoms with van der Waals surface area (Å²) in [7, 11) is 0. The molecular formula is C26H26BrN5O6. The Morgan fingerprint density at radius 3 is 2.63 bits per heavy atom. The van der Waals surface area contributed by atoms with Gasteiger partial charge in [-0.05, 0) is 76.7 Å². The second-order valence-corrected chi connectivity index (χ2v) is 9.98. The largest absolute Gasteiger partial charge is 0.506 e. The van der Waals surface area contributed by atoms with Crippen LogP contribution < -0.4 is 0 Å². The molecule has 2 heterocycles. The van der Waals surface area contributed by atoms with E-state index < -0.39 is 17.8 Å². The number of amides is 1. The van der Waals surface area contributed by atoms with Gasteiger partial charge in [0, 0.05) is 23.1 Å². The number of rotatable bonds is 8. The van der Waals surface area contributed by atoms with Crippen molar-refractivity contribution in [2.75, 3.05) is 13.2 Å². The lowest BCUT2D eigenvalue weighted by Crippen LogP contribution is -2.46. The van der Waals surface area contributed by atoms with E-state index in [0.717, 1.165) is 39.4 Å². The number of aromatic nitrogens is 4. The maximum atomic E-state index is 12.9. The Morgan fingerprint density at radius 1 is 1.18 bits per heavy atom. The third-order valence-electron chi connectivity index (χ3n) is 6.66. The zero-order valence-electron chi connectivity index (χ0n) is 20.6. The van der Waals surface area contributed by atoms with E-state index in [1.54, 1.807) is 6.92 Å². The van der Waals surface area contributed by atoms with Crippen molar-refractivity contribution in [3.63, 3.8) is 0 Å². The zero-order chi connectivity index (χ0) is 26.7. The van der Waals surface area contributed by atoms with Gasteiger partial charge in [-0.2, -0.15) is 0 Å². The van der Waals surface area contributed by atoms with Gasteiger partial charge in [0.1, 0.15) is 16.9 Å². The SMILES string of the molecule is CCOC(=O)N(Cc1ccc2oc(-c3ccccc3-c3nnn[nH]3)c(Br)c2c1)CC1(OC(=O)O)CCCC1. The van der Waals surface area contributed by atoms with Crippen molar-refractivity contribution < 1.29 is 28.6 Å². The number of halogens is 1. The van der Waals surface area contributed by atoms with Gasteiger partial charge in [-0.25, -0.2) is 14.7 Å². The van der Waals surface area contributed by atoms with Crippen LogP contribution in [0.5, 0.6) is 0 Å². The Hall–Kier alpha value is -3.93. The lowest BCUT2D eigenvalue weighted by Gasteiger charge is -2.33. The van der Waals surface area contributed by atoms with Crippen LogP contribution >= 0.6 is 15.9 Å². The summed E-state index contributed by atoms with van der Waals surface area (Å²) in [5, 5.41) is 24.3. The third kappa shape index (κ3) is 5.21. The fraction of sp³-hybridized carbons (Fsp3) is 0.346. The molecule has 1 aliphatic carbocycles. The number of carbonyl (C=O) groups is 2. The van der Waals surface area contributed by atoms with E-state index in [9.17, 15) is 14.7 Å². The van der Waals surface area contributed by atoms with Crippen molar-refractivity contribution in [1.82, 2.24) is 25.5 Å². The van der Waals surface area contributed by atoms with Gasteiger partial charge in [-0.1, -0.05) is 30.3 Å². The number of aromatic amines is 1. The minimum Gasteiger partial charge on any atom is -0.455 e. The topological polar surface area (TPSA) is 144 Å². The summed E-state index contributed by atoms with van der Waals surface area (Å²) >= 11 is 3.70. The van der Waals surface area contributed by atoms with E-state index in [-0.39, 0.29) is 19.7 Å². The van der Waals surface area contributed by atoms with Crippen LogP contribution in [0.4, 0.5) is 9.59 Å².